The molecule has 1 saturated heterocycles. The fourth-order valence-electron chi connectivity index (χ4n) is 3.34. The fourth-order valence-corrected chi connectivity index (χ4v) is 5.06. The highest BCUT2D eigenvalue weighted by Gasteiger charge is 2.36. The number of carbonyl (C=O) groups is 3. The second-order valence-corrected chi connectivity index (χ2v) is 9.56. The van der Waals surface area contributed by atoms with Gasteiger partial charge in [-0.3, -0.25) is 14.4 Å². The van der Waals surface area contributed by atoms with E-state index in [4.69, 9.17) is 4.74 Å². The van der Waals surface area contributed by atoms with Gasteiger partial charge in [-0.2, -0.15) is 0 Å². The van der Waals surface area contributed by atoms with Crippen molar-refractivity contribution in [3.05, 3.63) is 29.8 Å². The first-order chi connectivity index (χ1) is 13.6. The van der Waals surface area contributed by atoms with Gasteiger partial charge in [0.05, 0.1) is 17.9 Å². The van der Waals surface area contributed by atoms with Crippen molar-refractivity contribution in [2.75, 3.05) is 23.4 Å². The summed E-state index contributed by atoms with van der Waals surface area (Å²) in [7, 11) is -3.13. The van der Waals surface area contributed by atoms with Crippen molar-refractivity contribution in [1.82, 2.24) is 4.90 Å². The van der Waals surface area contributed by atoms with Crippen LogP contribution in [-0.4, -0.2) is 61.3 Å². The van der Waals surface area contributed by atoms with E-state index in [1.54, 1.807) is 29.2 Å². The largest absolute Gasteiger partial charge is 0.455 e. The first-order valence-electron chi connectivity index (χ1n) is 9.65. The second kappa shape index (κ2) is 9.87. The first-order valence-corrected chi connectivity index (χ1v) is 11.5. The number of esters is 1. The summed E-state index contributed by atoms with van der Waals surface area (Å²) in [6, 6.07) is 6.25. The number of anilines is 1. The number of hydrogen-bond acceptors (Lipinski definition) is 6. The molecular formula is C20H28N2O6S. The number of rotatable bonds is 8. The monoisotopic (exact) mass is 424 g/mol. The lowest BCUT2D eigenvalue weighted by Gasteiger charge is -2.33. The average molecular weight is 425 g/mol. The van der Waals surface area contributed by atoms with Crippen LogP contribution in [0.15, 0.2) is 24.3 Å². The van der Waals surface area contributed by atoms with E-state index >= 15 is 0 Å². The van der Waals surface area contributed by atoms with Gasteiger partial charge in [-0.05, 0) is 37.5 Å². The number of nitrogens with one attached hydrogen (secondary N) is 1. The molecular weight excluding hydrogens is 396 g/mol. The minimum absolute atomic E-state index is 0.00519. The summed E-state index contributed by atoms with van der Waals surface area (Å²) in [5, 5.41) is 2.64. The summed E-state index contributed by atoms with van der Waals surface area (Å²) < 4.78 is 28.7. The maximum absolute atomic E-state index is 12.7. The minimum Gasteiger partial charge on any atom is -0.455 e. The van der Waals surface area contributed by atoms with E-state index in [1.165, 1.54) is 6.92 Å². The molecule has 1 aliphatic heterocycles. The molecule has 9 heteroatoms. The fraction of sp³-hybridized carbons (Fsp3) is 0.550. The summed E-state index contributed by atoms with van der Waals surface area (Å²) >= 11 is 0. The second-order valence-electron chi connectivity index (χ2n) is 7.33. The zero-order valence-corrected chi connectivity index (χ0v) is 17.8. The highest BCUT2D eigenvalue weighted by Crippen LogP contribution is 2.21. The maximum atomic E-state index is 12.7. The average Bonchev–Trinajstić information content (AvgIpc) is 3.00. The van der Waals surface area contributed by atoms with Crippen molar-refractivity contribution in [2.24, 2.45) is 0 Å². The lowest BCUT2D eigenvalue weighted by molar-refractivity contribution is -0.153. The third-order valence-electron chi connectivity index (χ3n) is 4.93. The number of benzene rings is 1. The van der Waals surface area contributed by atoms with Crippen molar-refractivity contribution in [2.45, 2.75) is 52.1 Å². The molecule has 2 rings (SSSR count). The van der Waals surface area contributed by atoms with Gasteiger partial charge < -0.3 is 15.0 Å². The van der Waals surface area contributed by atoms with E-state index in [2.05, 4.69) is 5.32 Å². The third kappa shape index (κ3) is 6.85. The van der Waals surface area contributed by atoms with Gasteiger partial charge in [-0.1, -0.05) is 19.1 Å². The van der Waals surface area contributed by atoms with Gasteiger partial charge in [0.2, 0.25) is 5.91 Å². The van der Waals surface area contributed by atoms with Crippen LogP contribution in [0.4, 0.5) is 5.69 Å². The van der Waals surface area contributed by atoms with Gasteiger partial charge in [-0.15, -0.1) is 0 Å². The molecule has 0 unspecified atom stereocenters. The van der Waals surface area contributed by atoms with Crippen molar-refractivity contribution >= 4 is 33.3 Å². The zero-order valence-electron chi connectivity index (χ0n) is 17.0. The van der Waals surface area contributed by atoms with E-state index in [1.807, 2.05) is 13.8 Å². The van der Waals surface area contributed by atoms with Crippen LogP contribution < -0.4 is 5.32 Å². The number of carbonyl (C=O) groups excluding carboxylic acids is 3. The number of sulfone groups is 1. The van der Waals surface area contributed by atoms with Crippen molar-refractivity contribution in [3.8, 4) is 0 Å². The lowest BCUT2D eigenvalue weighted by atomic mass is 10.1. The number of nitrogens with zero attached hydrogens (tertiary/aromatic N) is 1. The Kier molecular flexibility index (Phi) is 7.78. The predicted molar refractivity (Wildman–Crippen MR) is 109 cm³/mol. The van der Waals surface area contributed by atoms with Crippen molar-refractivity contribution in [1.29, 1.82) is 0 Å². The Hall–Kier alpha value is -2.42. The van der Waals surface area contributed by atoms with Crippen LogP contribution in [0.2, 0.25) is 0 Å². The molecule has 0 aliphatic carbocycles. The standard InChI is InChI=1S/C20H28N2O6S/c1-4-14(2)22(18-9-10-29(26,27)13-18)19(24)12-28-20(25)11-16-5-7-17(8-6-16)21-15(3)23/h5-8,14,18H,4,9-13H2,1-3H3,(H,21,23)/t14-,18+/m1/s1. The number of ether oxygens (including phenoxy) is 1. The molecule has 0 spiro atoms. The Morgan fingerprint density at radius 3 is 2.41 bits per heavy atom. The molecule has 160 valence electrons. The van der Waals surface area contributed by atoms with E-state index in [9.17, 15) is 22.8 Å². The maximum Gasteiger partial charge on any atom is 0.310 e. The van der Waals surface area contributed by atoms with Crippen LogP contribution in [0.3, 0.4) is 0 Å². The van der Waals surface area contributed by atoms with Crippen LogP contribution >= 0.6 is 0 Å². The minimum atomic E-state index is -3.13. The topological polar surface area (TPSA) is 110 Å². The van der Waals surface area contributed by atoms with Gasteiger partial charge in [0.15, 0.2) is 16.4 Å². The lowest BCUT2D eigenvalue weighted by Crippen LogP contribution is -2.48. The number of hydrogen-bond donors (Lipinski definition) is 1. The van der Waals surface area contributed by atoms with Crippen LogP contribution in [-0.2, 0) is 35.4 Å². The first kappa shape index (κ1) is 22.9. The SMILES string of the molecule is CC[C@@H](C)N(C(=O)COC(=O)Cc1ccc(NC(C)=O)cc1)[C@H]1CCS(=O)(=O)C1. The molecule has 1 aliphatic rings. The van der Waals surface area contributed by atoms with Crippen molar-refractivity contribution < 1.29 is 27.5 Å². The Morgan fingerprint density at radius 2 is 1.90 bits per heavy atom. The Morgan fingerprint density at radius 1 is 1.24 bits per heavy atom. The number of amides is 2. The molecule has 0 aromatic heterocycles. The van der Waals surface area contributed by atoms with Gasteiger partial charge in [0.1, 0.15) is 0 Å². The van der Waals surface area contributed by atoms with Gasteiger partial charge in [0, 0.05) is 24.7 Å². The highest BCUT2D eigenvalue weighted by molar-refractivity contribution is 7.91. The Labute approximate surface area is 171 Å². The predicted octanol–water partition coefficient (Wildman–Crippen LogP) is 1.54. The van der Waals surface area contributed by atoms with E-state index in [0.29, 0.717) is 24.1 Å². The van der Waals surface area contributed by atoms with Gasteiger partial charge in [-0.25, -0.2) is 8.42 Å². The molecule has 1 aromatic carbocycles. The normalized spacial score (nSPS) is 18.7. The molecule has 1 aromatic rings. The van der Waals surface area contributed by atoms with Crippen LogP contribution in [0.5, 0.6) is 0 Å². The quantitative estimate of drug-likeness (QED) is 0.634. The molecule has 2 atom stereocenters. The molecule has 29 heavy (non-hydrogen) atoms. The summed E-state index contributed by atoms with van der Waals surface area (Å²) in [5.41, 5.74) is 1.32. The summed E-state index contributed by atoms with van der Waals surface area (Å²) in [5.74, 6) is -1.08. The summed E-state index contributed by atoms with van der Waals surface area (Å²) in [6.45, 7) is 4.78. The molecule has 0 radical (unpaired) electrons. The van der Waals surface area contributed by atoms with Crippen LogP contribution in [0, 0.1) is 0 Å². The molecule has 0 saturated carbocycles. The Bertz CT molecular complexity index is 850. The smallest absolute Gasteiger partial charge is 0.310 e. The van der Waals surface area contributed by atoms with Gasteiger partial charge >= 0.3 is 5.97 Å². The highest BCUT2D eigenvalue weighted by atomic mass is 32.2. The van der Waals surface area contributed by atoms with E-state index in [-0.39, 0.29) is 41.8 Å². The molecule has 1 heterocycles. The molecule has 1 fully saturated rings. The molecule has 8 nitrogen and oxygen atoms in total. The van der Waals surface area contributed by atoms with Crippen LogP contribution in [0.1, 0.15) is 39.2 Å². The molecule has 2 amide bonds. The third-order valence-corrected chi connectivity index (χ3v) is 6.69. The van der Waals surface area contributed by atoms with Gasteiger partial charge in [0.25, 0.3) is 5.91 Å². The van der Waals surface area contributed by atoms with Crippen molar-refractivity contribution in [3.63, 3.8) is 0 Å². The summed E-state index contributed by atoms with van der Waals surface area (Å²) in [4.78, 5) is 37.3. The molecule has 1 N–H and O–H groups in total. The Balaban J connectivity index is 1.91. The van der Waals surface area contributed by atoms with E-state index in [0.717, 1.165) is 0 Å². The summed E-state index contributed by atoms with van der Waals surface area (Å²) in [6.07, 6.45) is 1.08. The van der Waals surface area contributed by atoms with Crippen LogP contribution in [0.25, 0.3) is 0 Å². The zero-order chi connectivity index (χ0) is 21.6. The van der Waals surface area contributed by atoms with E-state index < -0.39 is 22.4 Å². The molecule has 0 bridgehead atoms.